The molecule has 2 N–H and O–H groups in total. The van der Waals surface area contributed by atoms with Crippen LogP contribution in [0.15, 0.2) is 48.8 Å². The van der Waals surface area contributed by atoms with Crippen LogP contribution in [0.3, 0.4) is 0 Å². The third kappa shape index (κ3) is 3.63. The van der Waals surface area contributed by atoms with Crippen LogP contribution in [0.1, 0.15) is 5.56 Å². The van der Waals surface area contributed by atoms with Crippen molar-refractivity contribution in [3.63, 3.8) is 0 Å². The molecule has 0 aliphatic heterocycles. The molecule has 2 aromatic rings. The zero-order valence-corrected chi connectivity index (χ0v) is 11.1. The Kier molecular flexibility index (Phi) is 5.46. The third-order valence-corrected chi connectivity index (χ3v) is 2.51. The summed E-state index contributed by atoms with van der Waals surface area (Å²) in [5, 5.41) is 18.4. The lowest BCUT2D eigenvalue weighted by atomic mass is 9.77. The normalized spacial score (nSPS) is 9.72. The number of nitrogens with zero attached hydrogens (tertiary/aromatic N) is 1. The maximum absolute atomic E-state index is 13.1. The average molecular weight is 312 g/mol. The van der Waals surface area contributed by atoms with Gasteiger partial charge in [-0.15, -0.1) is 0 Å². The quantitative estimate of drug-likeness (QED) is 0.464. The molecule has 0 amide bonds. The zero-order valence-electron chi connectivity index (χ0n) is 9.50. The van der Waals surface area contributed by atoms with E-state index in [0.29, 0.717) is 17.6 Å². The predicted molar refractivity (Wildman–Crippen MR) is 62.0 cm³/mol. The summed E-state index contributed by atoms with van der Waals surface area (Å²) in [5.41, 5.74) is 0.874. The first-order valence-electron chi connectivity index (χ1n) is 5.25. The molecule has 0 bridgehead atoms. The number of hydrogen-bond donors (Lipinski definition) is 2. The van der Waals surface area contributed by atoms with Gasteiger partial charge in [0.15, 0.2) is 18.9 Å². The van der Waals surface area contributed by atoms with Crippen molar-refractivity contribution in [3.05, 3.63) is 60.2 Å². The minimum absolute atomic E-state index is 0. The first-order valence-corrected chi connectivity index (χ1v) is 5.25. The topological polar surface area (TPSA) is 44.3 Å². The molecule has 0 saturated heterocycles. The molecule has 0 unspecified atom stereocenters. The van der Waals surface area contributed by atoms with Gasteiger partial charge in [-0.2, -0.15) is 0 Å². The molecule has 1 aromatic carbocycles. The van der Waals surface area contributed by atoms with Gasteiger partial charge in [0.1, 0.15) is 5.82 Å². The second kappa shape index (κ2) is 6.63. The lowest BCUT2D eigenvalue weighted by molar-refractivity contribution is -0.688. The smallest absolute Gasteiger partial charge is 0.488 e. The summed E-state index contributed by atoms with van der Waals surface area (Å²) in [4.78, 5) is 0. The highest BCUT2D eigenvalue weighted by Crippen LogP contribution is 2.02. The molecule has 0 aliphatic rings. The van der Waals surface area contributed by atoms with E-state index in [9.17, 15) is 14.4 Å². The number of hydrogen-bond acceptors (Lipinski definition) is 2. The first-order chi connectivity index (χ1) is 8.16. The molecule has 18 heavy (non-hydrogen) atoms. The largest absolute Gasteiger partial charge is 1.00 e. The number of halogens is 2. The van der Waals surface area contributed by atoms with Crippen molar-refractivity contribution in [2.75, 3.05) is 0 Å². The molecular formula is C12H12BBrFNO2. The van der Waals surface area contributed by atoms with Crippen molar-refractivity contribution in [1.29, 1.82) is 0 Å². The zero-order chi connectivity index (χ0) is 12.3. The minimum atomic E-state index is -1.59. The fourth-order valence-corrected chi connectivity index (χ4v) is 1.70. The Morgan fingerprint density at radius 1 is 1.11 bits per heavy atom. The van der Waals surface area contributed by atoms with E-state index < -0.39 is 7.12 Å². The van der Waals surface area contributed by atoms with Gasteiger partial charge in [-0.1, -0.05) is 12.1 Å². The van der Waals surface area contributed by atoms with E-state index in [2.05, 4.69) is 0 Å². The van der Waals surface area contributed by atoms with Crippen molar-refractivity contribution < 1.29 is 36.0 Å². The van der Waals surface area contributed by atoms with Crippen LogP contribution in [0.25, 0.3) is 0 Å². The SMILES string of the molecule is OB(O)c1ccc(F)cc1C[n+]1ccccc1.[Br-]. The van der Waals surface area contributed by atoms with Crippen molar-refractivity contribution >= 4 is 12.6 Å². The van der Waals surface area contributed by atoms with Gasteiger partial charge < -0.3 is 27.0 Å². The lowest BCUT2D eigenvalue weighted by Crippen LogP contribution is -3.00. The van der Waals surface area contributed by atoms with Crippen molar-refractivity contribution in [3.8, 4) is 0 Å². The Morgan fingerprint density at radius 2 is 1.78 bits per heavy atom. The summed E-state index contributed by atoms with van der Waals surface area (Å²) >= 11 is 0. The molecule has 6 heteroatoms. The minimum Gasteiger partial charge on any atom is -1.00 e. The van der Waals surface area contributed by atoms with Crippen LogP contribution in [0, 0.1) is 5.82 Å². The summed E-state index contributed by atoms with van der Waals surface area (Å²) in [6, 6.07) is 9.51. The fourth-order valence-electron chi connectivity index (χ4n) is 1.70. The fraction of sp³-hybridized carbons (Fsp3) is 0.0833. The molecular weight excluding hydrogens is 300 g/mol. The molecule has 0 radical (unpaired) electrons. The molecule has 2 rings (SSSR count). The molecule has 0 atom stereocenters. The van der Waals surface area contributed by atoms with Crippen LogP contribution in [0.4, 0.5) is 4.39 Å². The van der Waals surface area contributed by atoms with E-state index in [0.717, 1.165) is 0 Å². The predicted octanol–water partition coefficient (Wildman–Crippen LogP) is -3.15. The van der Waals surface area contributed by atoms with Gasteiger partial charge in [-0.3, -0.25) is 0 Å². The van der Waals surface area contributed by atoms with Crippen LogP contribution < -0.4 is 27.0 Å². The van der Waals surface area contributed by atoms with Gasteiger partial charge >= 0.3 is 7.12 Å². The van der Waals surface area contributed by atoms with Gasteiger partial charge in [0.05, 0.1) is 0 Å². The number of benzene rings is 1. The van der Waals surface area contributed by atoms with Crippen LogP contribution in [-0.4, -0.2) is 17.2 Å². The number of pyridine rings is 1. The van der Waals surface area contributed by atoms with E-state index in [1.54, 1.807) is 0 Å². The second-order valence-corrected chi connectivity index (χ2v) is 3.76. The Labute approximate surface area is 115 Å². The number of aromatic nitrogens is 1. The monoisotopic (exact) mass is 311 g/mol. The molecule has 3 nitrogen and oxygen atoms in total. The highest BCUT2D eigenvalue weighted by Gasteiger charge is 2.18. The Hall–Kier alpha value is -1.24. The van der Waals surface area contributed by atoms with E-state index in [1.807, 2.05) is 35.2 Å². The summed E-state index contributed by atoms with van der Waals surface area (Å²) in [6.07, 6.45) is 3.66. The summed E-state index contributed by atoms with van der Waals surface area (Å²) in [6.45, 7) is 0.394. The molecule has 1 aromatic heterocycles. The Balaban J connectivity index is 0.00000162. The molecule has 0 spiro atoms. The molecule has 0 saturated carbocycles. The summed E-state index contributed by atoms with van der Waals surface area (Å²) < 4.78 is 15.0. The average Bonchev–Trinajstić information content (AvgIpc) is 2.30. The second-order valence-electron chi connectivity index (χ2n) is 3.76. The highest BCUT2D eigenvalue weighted by molar-refractivity contribution is 6.59. The summed E-state index contributed by atoms with van der Waals surface area (Å²) in [7, 11) is -1.59. The maximum atomic E-state index is 13.1. The van der Waals surface area contributed by atoms with Gasteiger partial charge in [-0.25, -0.2) is 8.96 Å². The lowest BCUT2D eigenvalue weighted by Gasteiger charge is -2.06. The van der Waals surface area contributed by atoms with Crippen LogP contribution >= 0.6 is 0 Å². The van der Waals surface area contributed by atoms with Gasteiger partial charge in [0.2, 0.25) is 0 Å². The van der Waals surface area contributed by atoms with E-state index in [1.165, 1.54) is 18.2 Å². The Bertz CT molecular complexity index is 511. The van der Waals surface area contributed by atoms with Gasteiger partial charge in [-0.05, 0) is 17.6 Å². The molecule has 94 valence electrons. The van der Waals surface area contributed by atoms with Crippen LogP contribution in [0.5, 0.6) is 0 Å². The van der Waals surface area contributed by atoms with E-state index >= 15 is 0 Å². The number of rotatable bonds is 3. The van der Waals surface area contributed by atoms with E-state index in [4.69, 9.17) is 0 Å². The molecule has 1 heterocycles. The van der Waals surface area contributed by atoms with E-state index in [-0.39, 0.29) is 22.8 Å². The first kappa shape index (κ1) is 14.8. The highest BCUT2D eigenvalue weighted by atomic mass is 79.9. The maximum Gasteiger partial charge on any atom is 0.488 e. The van der Waals surface area contributed by atoms with Crippen LogP contribution in [-0.2, 0) is 6.54 Å². The van der Waals surface area contributed by atoms with Crippen molar-refractivity contribution in [2.24, 2.45) is 0 Å². The Morgan fingerprint density at radius 3 is 2.39 bits per heavy atom. The van der Waals surface area contributed by atoms with Crippen molar-refractivity contribution in [2.45, 2.75) is 6.54 Å². The van der Waals surface area contributed by atoms with Gasteiger partial charge in [0, 0.05) is 17.7 Å². The van der Waals surface area contributed by atoms with Gasteiger partial charge in [0.25, 0.3) is 0 Å². The third-order valence-electron chi connectivity index (χ3n) is 2.51. The molecule has 0 aliphatic carbocycles. The van der Waals surface area contributed by atoms with Crippen molar-refractivity contribution in [1.82, 2.24) is 0 Å². The standard InChI is InChI=1S/C12H12BFNO2.BrH/c14-11-4-5-12(13(16)17)10(8-11)9-15-6-2-1-3-7-15;/h1-8,16-17H,9H2;1H/q+1;/p-1. The molecule has 0 fully saturated rings. The summed E-state index contributed by atoms with van der Waals surface area (Å²) in [5.74, 6) is -0.388. The van der Waals surface area contributed by atoms with Crippen LogP contribution in [0.2, 0.25) is 0 Å².